The fourth-order valence-electron chi connectivity index (χ4n) is 3.20. The van der Waals surface area contributed by atoms with Gasteiger partial charge in [-0.2, -0.15) is 0 Å². The van der Waals surface area contributed by atoms with Gasteiger partial charge in [-0.25, -0.2) is 0 Å². The maximum Gasteiger partial charge on any atom is 0.119 e. The van der Waals surface area contributed by atoms with Gasteiger partial charge in [0.05, 0.1) is 7.11 Å². The molecule has 1 aliphatic carbocycles. The molecule has 0 heterocycles. The molecule has 2 heteroatoms. The monoisotopic (exact) mass is 281 g/mol. The van der Waals surface area contributed by atoms with Crippen LogP contribution in [0.25, 0.3) is 0 Å². The second kappa shape index (κ2) is 5.80. The van der Waals surface area contributed by atoms with Crippen LogP contribution in [0.3, 0.4) is 0 Å². The summed E-state index contributed by atoms with van der Waals surface area (Å²) in [5.74, 6) is 1.61. The summed E-state index contributed by atoms with van der Waals surface area (Å²) in [4.78, 5) is 0. The standard InChI is InChI=1S/C19H23NO/c1-13-7-14(2)9-17(8-13)20-18-10-16(11-18)15-5-4-6-19(12-15)21-3/h4-9,12,16,18,20H,10-11H2,1-3H3. The molecule has 1 N–H and O–H groups in total. The number of anilines is 1. The molecule has 0 amide bonds. The van der Waals surface area contributed by atoms with E-state index in [1.54, 1.807) is 7.11 Å². The Labute approximate surface area is 127 Å². The van der Waals surface area contributed by atoms with Gasteiger partial charge in [0.25, 0.3) is 0 Å². The zero-order valence-corrected chi connectivity index (χ0v) is 13.0. The summed E-state index contributed by atoms with van der Waals surface area (Å²) in [6.07, 6.45) is 2.39. The zero-order valence-electron chi connectivity index (χ0n) is 13.0. The van der Waals surface area contributed by atoms with E-state index in [1.807, 2.05) is 6.07 Å². The molecule has 0 aromatic heterocycles. The number of ether oxygens (including phenoxy) is 1. The quantitative estimate of drug-likeness (QED) is 0.879. The van der Waals surface area contributed by atoms with Crippen molar-refractivity contribution in [3.8, 4) is 5.75 Å². The second-order valence-electron chi connectivity index (χ2n) is 6.16. The van der Waals surface area contributed by atoms with Gasteiger partial charge in [0.2, 0.25) is 0 Å². The summed E-state index contributed by atoms with van der Waals surface area (Å²) in [7, 11) is 1.73. The molecule has 1 aliphatic rings. The molecule has 1 fully saturated rings. The van der Waals surface area contributed by atoms with E-state index in [4.69, 9.17) is 4.74 Å². The lowest BCUT2D eigenvalue weighted by Gasteiger charge is -2.37. The number of benzene rings is 2. The Morgan fingerprint density at radius 1 is 1.00 bits per heavy atom. The van der Waals surface area contributed by atoms with E-state index < -0.39 is 0 Å². The van der Waals surface area contributed by atoms with Crippen molar-refractivity contribution in [1.29, 1.82) is 0 Å². The minimum atomic E-state index is 0.586. The van der Waals surface area contributed by atoms with Crippen molar-refractivity contribution in [3.05, 3.63) is 59.2 Å². The first-order valence-corrected chi connectivity index (χ1v) is 7.63. The summed E-state index contributed by atoms with van der Waals surface area (Å²) in [5.41, 5.74) is 5.29. The van der Waals surface area contributed by atoms with E-state index in [9.17, 15) is 0 Å². The molecule has 21 heavy (non-hydrogen) atoms. The first kappa shape index (κ1) is 14.0. The summed E-state index contributed by atoms with van der Waals surface area (Å²) in [6, 6.07) is 15.7. The van der Waals surface area contributed by atoms with Crippen LogP contribution in [0.2, 0.25) is 0 Å². The van der Waals surface area contributed by atoms with Gasteiger partial charge >= 0.3 is 0 Å². The smallest absolute Gasteiger partial charge is 0.119 e. The number of hydrogen-bond acceptors (Lipinski definition) is 2. The van der Waals surface area contributed by atoms with E-state index in [0.29, 0.717) is 12.0 Å². The fourth-order valence-corrected chi connectivity index (χ4v) is 3.20. The molecular formula is C19H23NO. The van der Waals surface area contributed by atoms with E-state index >= 15 is 0 Å². The third-order valence-electron chi connectivity index (χ3n) is 4.30. The van der Waals surface area contributed by atoms with Crippen molar-refractivity contribution in [2.45, 2.75) is 38.6 Å². The van der Waals surface area contributed by atoms with Gasteiger partial charge in [0.1, 0.15) is 5.75 Å². The summed E-state index contributed by atoms with van der Waals surface area (Å²) in [6.45, 7) is 4.30. The Morgan fingerprint density at radius 3 is 2.38 bits per heavy atom. The molecule has 0 atom stereocenters. The number of nitrogens with one attached hydrogen (secondary N) is 1. The minimum Gasteiger partial charge on any atom is -0.497 e. The van der Waals surface area contributed by atoms with Crippen LogP contribution in [0.5, 0.6) is 5.75 Å². The Balaban J connectivity index is 1.60. The summed E-state index contributed by atoms with van der Waals surface area (Å²) in [5, 5.41) is 3.66. The van der Waals surface area contributed by atoms with Crippen molar-refractivity contribution in [1.82, 2.24) is 0 Å². The lowest BCUT2D eigenvalue weighted by atomic mass is 9.75. The number of aryl methyl sites for hydroxylation is 2. The molecule has 0 spiro atoms. The first-order valence-electron chi connectivity index (χ1n) is 7.63. The number of methoxy groups -OCH3 is 1. The number of hydrogen-bond donors (Lipinski definition) is 1. The van der Waals surface area contributed by atoms with E-state index in [1.165, 1.54) is 35.2 Å². The van der Waals surface area contributed by atoms with E-state index in [2.05, 4.69) is 55.6 Å². The molecule has 110 valence electrons. The van der Waals surface area contributed by atoms with Gasteiger partial charge in [0, 0.05) is 11.7 Å². The maximum absolute atomic E-state index is 5.31. The molecule has 0 saturated heterocycles. The van der Waals surface area contributed by atoms with Crippen LogP contribution < -0.4 is 10.1 Å². The van der Waals surface area contributed by atoms with Gasteiger partial charge in [-0.1, -0.05) is 18.2 Å². The normalized spacial score (nSPS) is 20.7. The van der Waals surface area contributed by atoms with E-state index in [-0.39, 0.29) is 0 Å². The maximum atomic E-state index is 5.31. The van der Waals surface area contributed by atoms with Crippen molar-refractivity contribution in [2.75, 3.05) is 12.4 Å². The van der Waals surface area contributed by atoms with Gasteiger partial charge < -0.3 is 10.1 Å². The molecule has 3 rings (SSSR count). The highest BCUT2D eigenvalue weighted by atomic mass is 16.5. The first-order chi connectivity index (χ1) is 10.1. The highest BCUT2D eigenvalue weighted by Crippen LogP contribution is 2.39. The van der Waals surface area contributed by atoms with Crippen LogP contribution in [0.1, 0.15) is 35.4 Å². The van der Waals surface area contributed by atoms with E-state index in [0.717, 1.165) is 5.75 Å². The fraction of sp³-hybridized carbons (Fsp3) is 0.368. The predicted octanol–water partition coefficient (Wildman–Crippen LogP) is 4.67. The van der Waals surface area contributed by atoms with Crippen molar-refractivity contribution in [3.63, 3.8) is 0 Å². The number of rotatable bonds is 4. The minimum absolute atomic E-state index is 0.586. The Kier molecular flexibility index (Phi) is 3.87. The van der Waals surface area contributed by atoms with Crippen molar-refractivity contribution in [2.24, 2.45) is 0 Å². The Hall–Kier alpha value is -1.96. The molecule has 2 aromatic rings. The Bertz CT molecular complexity index is 609. The largest absolute Gasteiger partial charge is 0.497 e. The third kappa shape index (κ3) is 3.21. The third-order valence-corrected chi connectivity index (χ3v) is 4.30. The average Bonchev–Trinajstić information content (AvgIpc) is 2.41. The predicted molar refractivity (Wildman–Crippen MR) is 88.3 cm³/mol. The van der Waals surface area contributed by atoms with Crippen LogP contribution in [0.15, 0.2) is 42.5 Å². The molecule has 0 aliphatic heterocycles. The zero-order chi connectivity index (χ0) is 14.8. The summed E-state index contributed by atoms with van der Waals surface area (Å²) >= 11 is 0. The molecule has 0 unspecified atom stereocenters. The SMILES string of the molecule is COc1cccc(C2CC(Nc3cc(C)cc(C)c3)C2)c1. The molecular weight excluding hydrogens is 258 g/mol. The average molecular weight is 281 g/mol. The second-order valence-corrected chi connectivity index (χ2v) is 6.16. The van der Waals surface area contributed by atoms with Crippen LogP contribution in [-0.2, 0) is 0 Å². The highest BCUT2D eigenvalue weighted by molar-refractivity contribution is 5.50. The van der Waals surface area contributed by atoms with Gasteiger partial charge in [0.15, 0.2) is 0 Å². The summed E-state index contributed by atoms with van der Waals surface area (Å²) < 4.78 is 5.31. The van der Waals surface area contributed by atoms with Crippen LogP contribution in [0.4, 0.5) is 5.69 Å². The van der Waals surface area contributed by atoms with Crippen LogP contribution in [0, 0.1) is 13.8 Å². The highest BCUT2D eigenvalue weighted by Gasteiger charge is 2.30. The van der Waals surface area contributed by atoms with Gasteiger partial charge in [-0.05, 0) is 73.6 Å². The molecule has 2 aromatic carbocycles. The lowest BCUT2D eigenvalue weighted by Crippen LogP contribution is -2.34. The lowest BCUT2D eigenvalue weighted by molar-refractivity contribution is 0.370. The van der Waals surface area contributed by atoms with Gasteiger partial charge in [-0.15, -0.1) is 0 Å². The molecule has 0 bridgehead atoms. The Morgan fingerprint density at radius 2 is 1.71 bits per heavy atom. The van der Waals surface area contributed by atoms with Gasteiger partial charge in [-0.3, -0.25) is 0 Å². The van der Waals surface area contributed by atoms with Crippen LogP contribution >= 0.6 is 0 Å². The van der Waals surface area contributed by atoms with Crippen molar-refractivity contribution < 1.29 is 4.74 Å². The topological polar surface area (TPSA) is 21.3 Å². The molecule has 0 radical (unpaired) electrons. The van der Waals surface area contributed by atoms with Crippen molar-refractivity contribution >= 4 is 5.69 Å². The van der Waals surface area contributed by atoms with Crippen LogP contribution in [-0.4, -0.2) is 13.2 Å². The molecule has 1 saturated carbocycles. The molecule has 2 nitrogen and oxygen atoms in total.